The lowest BCUT2D eigenvalue weighted by atomic mass is 10.2. The first-order valence-electron chi connectivity index (χ1n) is 5.02. The first-order valence-corrected chi connectivity index (χ1v) is 5.39. The first-order chi connectivity index (χ1) is 7.90. The van der Waals surface area contributed by atoms with Crippen LogP contribution in [0.2, 0.25) is 5.02 Å². The standard InChI is InChI=1S/C11H13ClFNO3/c1-6(2)5-17-11(16)14-9-3-7(12)10(15)4-8(9)13/h3-4,6,15H,5H2,1-2H3,(H,14,16). The van der Waals surface area contributed by atoms with Crippen LogP contribution in [0.25, 0.3) is 0 Å². The Morgan fingerprint density at radius 1 is 1.59 bits per heavy atom. The van der Waals surface area contributed by atoms with E-state index in [1.165, 1.54) is 0 Å². The van der Waals surface area contributed by atoms with Gasteiger partial charge in [-0.3, -0.25) is 5.32 Å². The highest BCUT2D eigenvalue weighted by Crippen LogP contribution is 2.29. The van der Waals surface area contributed by atoms with E-state index in [1.807, 2.05) is 13.8 Å². The van der Waals surface area contributed by atoms with E-state index in [2.05, 4.69) is 5.32 Å². The number of carbonyl (C=O) groups excluding carboxylic acids is 1. The summed E-state index contributed by atoms with van der Waals surface area (Å²) < 4.78 is 18.1. The van der Waals surface area contributed by atoms with Gasteiger partial charge in [0.15, 0.2) is 5.82 Å². The first kappa shape index (κ1) is 13.6. The Morgan fingerprint density at radius 3 is 2.82 bits per heavy atom. The van der Waals surface area contributed by atoms with Gasteiger partial charge in [-0.1, -0.05) is 25.4 Å². The predicted molar refractivity (Wildman–Crippen MR) is 62.9 cm³/mol. The zero-order valence-corrected chi connectivity index (χ0v) is 10.2. The molecule has 0 saturated heterocycles. The molecule has 4 nitrogen and oxygen atoms in total. The fourth-order valence-corrected chi connectivity index (χ4v) is 1.18. The maximum absolute atomic E-state index is 13.3. The highest BCUT2D eigenvalue weighted by Gasteiger charge is 2.11. The van der Waals surface area contributed by atoms with Gasteiger partial charge in [0.25, 0.3) is 0 Å². The van der Waals surface area contributed by atoms with Crippen molar-refractivity contribution in [2.75, 3.05) is 11.9 Å². The van der Waals surface area contributed by atoms with Gasteiger partial charge in [0.2, 0.25) is 0 Å². The van der Waals surface area contributed by atoms with Gasteiger partial charge in [0, 0.05) is 6.07 Å². The van der Waals surface area contributed by atoms with E-state index < -0.39 is 11.9 Å². The van der Waals surface area contributed by atoms with E-state index >= 15 is 0 Å². The largest absolute Gasteiger partial charge is 0.506 e. The van der Waals surface area contributed by atoms with Crippen LogP contribution < -0.4 is 5.32 Å². The summed E-state index contributed by atoms with van der Waals surface area (Å²) >= 11 is 5.59. The zero-order valence-electron chi connectivity index (χ0n) is 9.46. The molecule has 94 valence electrons. The number of benzene rings is 1. The molecular formula is C11H13ClFNO3. The second-order valence-corrected chi connectivity index (χ2v) is 4.31. The fraction of sp³-hybridized carbons (Fsp3) is 0.364. The number of anilines is 1. The van der Waals surface area contributed by atoms with Gasteiger partial charge < -0.3 is 9.84 Å². The van der Waals surface area contributed by atoms with E-state index in [0.717, 1.165) is 12.1 Å². The van der Waals surface area contributed by atoms with Gasteiger partial charge in [-0.2, -0.15) is 0 Å². The molecule has 6 heteroatoms. The van der Waals surface area contributed by atoms with Crippen molar-refractivity contribution in [2.45, 2.75) is 13.8 Å². The Bertz CT molecular complexity index is 423. The number of halogens is 2. The minimum Gasteiger partial charge on any atom is -0.506 e. The second-order valence-electron chi connectivity index (χ2n) is 3.90. The molecule has 0 saturated carbocycles. The zero-order chi connectivity index (χ0) is 13.0. The quantitative estimate of drug-likeness (QED) is 0.820. The SMILES string of the molecule is CC(C)COC(=O)Nc1cc(Cl)c(O)cc1F. The number of aromatic hydroxyl groups is 1. The molecule has 0 aromatic heterocycles. The number of ether oxygens (including phenoxy) is 1. The molecule has 0 radical (unpaired) electrons. The van der Waals surface area contributed by atoms with Crippen LogP contribution >= 0.6 is 11.6 Å². The molecule has 0 unspecified atom stereocenters. The average molecular weight is 262 g/mol. The summed E-state index contributed by atoms with van der Waals surface area (Å²) in [5.41, 5.74) is -0.137. The lowest BCUT2D eigenvalue weighted by Gasteiger charge is -2.10. The Balaban J connectivity index is 2.68. The van der Waals surface area contributed by atoms with Crippen LogP contribution in [0, 0.1) is 11.7 Å². The van der Waals surface area contributed by atoms with E-state index in [9.17, 15) is 9.18 Å². The van der Waals surface area contributed by atoms with Crippen molar-refractivity contribution in [3.63, 3.8) is 0 Å². The maximum Gasteiger partial charge on any atom is 0.411 e. The highest BCUT2D eigenvalue weighted by molar-refractivity contribution is 6.32. The molecule has 0 atom stereocenters. The molecule has 1 aromatic rings. The van der Waals surface area contributed by atoms with Crippen LogP contribution in [0.5, 0.6) is 5.75 Å². The Hall–Kier alpha value is -1.49. The third-order valence-electron chi connectivity index (χ3n) is 1.82. The summed E-state index contributed by atoms with van der Waals surface area (Å²) in [6.07, 6.45) is -0.764. The van der Waals surface area contributed by atoms with Crippen LogP contribution in [0.15, 0.2) is 12.1 Å². The molecule has 0 aliphatic rings. The van der Waals surface area contributed by atoms with Crippen LogP contribution in [-0.4, -0.2) is 17.8 Å². The van der Waals surface area contributed by atoms with Crippen molar-refractivity contribution in [3.05, 3.63) is 23.0 Å². The average Bonchev–Trinajstić information content (AvgIpc) is 2.23. The van der Waals surface area contributed by atoms with Crippen LogP contribution in [0.4, 0.5) is 14.9 Å². The topological polar surface area (TPSA) is 58.6 Å². The lowest BCUT2D eigenvalue weighted by molar-refractivity contribution is 0.147. The van der Waals surface area contributed by atoms with Crippen molar-refractivity contribution in [1.29, 1.82) is 0 Å². The van der Waals surface area contributed by atoms with Gasteiger partial charge in [0.1, 0.15) is 5.75 Å². The van der Waals surface area contributed by atoms with Crippen molar-refractivity contribution in [3.8, 4) is 5.75 Å². The molecule has 0 heterocycles. The summed E-state index contributed by atoms with van der Waals surface area (Å²) in [5, 5.41) is 11.3. The number of phenols is 1. The number of rotatable bonds is 3. The van der Waals surface area contributed by atoms with Crippen LogP contribution in [0.1, 0.15) is 13.8 Å². The molecule has 1 rings (SSSR count). The molecule has 0 aliphatic carbocycles. The monoisotopic (exact) mass is 261 g/mol. The van der Waals surface area contributed by atoms with E-state index in [-0.39, 0.29) is 29.0 Å². The fourth-order valence-electron chi connectivity index (χ4n) is 1.02. The molecule has 1 aromatic carbocycles. The molecule has 17 heavy (non-hydrogen) atoms. The van der Waals surface area contributed by atoms with Gasteiger partial charge >= 0.3 is 6.09 Å². The van der Waals surface area contributed by atoms with Crippen molar-refractivity contribution in [2.24, 2.45) is 5.92 Å². The summed E-state index contributed by atoms with van der Waals surface area (Å²) in [7, 11) is 0. The number of carbonyl (C=O) groups is 1. The second kappa shape index (κ2) is 5.72. The molecule has 2 N–H and O–H groups in total. The highest BCUT2D eigenvalue weighted by atomic mass is 35.5. The molecule has 0 bridgehead atoms. The number of amides is 1. The Kier molecular flexibility index (Phi) is 4.57. The van der Waals surface area contributed by atoms with Crippen molar-refractivity contribution < 1.29 is 19.0 Å². The summed E-state index contributed by atoms with van der Waals surface area (Å²) in [4.78, 5) is 11.3. The maximum atomic E-state index is 13.3. The van der Waals surface area contributed by atoms with Crippen molar-refractivity contribution in [1.82, 2.24) is 0 Å². The number of hydrogen-bond donors (Lipinski definition) is 2. The van der Waals surface area contributed by atoms with E-state index in [4.69, 9.17) is 21.4 Å². The summed E-state index contributed by atoms with van der Waals surface area (Å²) in [5.74, 6) is -0.979. The van der Waals surface area contributed by atoms with E-state index in [1.54, 1.807) is 0 Å². The van der Waals surface area contributed by atoms with Crippen LogP contribution in [-0.2, 0) is 4.74 Å². The molecule has 0 spiro atoms. The number of nitrogens with one attached hydrogen (secondary N) is 1. The van der Waals surface area contributed by atoms with Gasteiger partial charge in [-0.25, -0.2) is 9.18 Å². The number of phenolic OH excluding ortho intramolecular Hbond substituents is 1. The number of hydrogen-bond acceptors (Lipinski definition) is 3. The van der Waals surface area contributed by atoms with E-state index in [0.29, 0.717) is 0 Å². The smallest absolute Gasteiger partial charge is 0.411 e. The molecule has 0 fully saturated rings. The predicted octanol–water partition coefficient (Wildman–Crippen LogP) is 3.39. The Labute approximate surface area is 103 Å². The van der Waals surface area contributed by atoms with Gasteiger partial charge in [-0.05, 0) is 12.0 Å². The molecular weight excluding hydrogens is 249 g/mol. The minimum absolute atomic E-state index is 0.0504. The van der Waals surface area contributed by atoms with Gasteiger partial charge in [-0.15, -0.1) is 0 Å². The third-order valence-corrected chi connectivity index (χ3v) is 2.12. The summed E-state index contributed by atoms with van der Waals surface area (Å²) in [6.45, 7) is 4.00. The molecule has 0 aliphatic heterocycles. The molecule has 1 amide bonds. The normalized spacial score (nSPS) is 10.4. The van der Waals surface area contributed by atoms with Gasteiger partial charge in [0.05, 0.1) is 17.3 Å². The summed E-state index contributed by atoms with van der Waals surface area (Å²) in [6, 6.07) is 1.93. The Morgan fingerprint density at radius 2 is 2.24 bits per heavy atom. The van der Waals surface area contributed by atoms with Crippen LogP contribution in [0.3, 0.4) is 0 Å². The third kappa shape index (κ3) is 4.11. The van der Waals surface area contributed by atoms with Crippen molar-refractivity contribution >= 4 is 23.4 Å². The minimum atomic E-state index is -0.784. The lowest BCUT2D eigenvalue weighted by Crippen LogP contribution is -2.17.